The van der Waals surface area contributed by atoms with Crippen LogP contribution in [0.2, 0.25) is 0 Å². The van der Waals surface area contributed by atoms with E-state index in [9.17, 15) is 19.3 Å². The molecule has 2 N–H and O–H groups in total. The van der Waals surface area contributed by atoms with Gasteiger partial charge in [-0.25, -0.2) is 0 Å². The molecule has 0 aliphatic heterocycles. The maximum Gasteiger partial charge on any atom is 0.304 e. The molecule has 104 valence electrons. The molecule has 0 fully saturated rings. The minimum atomic E-state index is -0.991. The molecule has 0 aromatic heterocycles. The maximum absolute atomic E-state index is 13.3. The Labute approximate surface area is 108 Å². The first kappa shape index (κ1) is 15.0. The van der Waals surface area contributed by atoms with Gasteiger partial charge in [-0.15, -0.1) is 0 Å². The molecule has 7 nitrogen and oxygen atoms in total. The number of anilines is 1. The van der Waals surface area contributed by atoms with E-state index in [1.807, 2.05) is 0 Å². The van der Waals surface area contributed by atoms with Gasteiger partial charge in [-0.05, 0) is 6.07 Å². The van der Waals surface area contributed by atoms with Gasteiger partial charge in [-0.1, -0.05) is 0 Å². The molecule has 0 saturated carbocycles. The second kappa shape index (κ2) is 7.39. The molecule has 8 heteroatoms. The summed E-state index contributed by atoms with van der Waals surface area (Å²) in [6.45, 7) is 1.03. The van der Waals surface area contributed by atoms with Crippen LogP contribution in [-0.4, -0.2) is 37.6 Å². The molecular formula is C11H14FN3O4. The Morgan fingerprint density at radius 3 is 2.84 bits per heavy atom. The summed E-state index contributed by atoms with van der Waals surface area (Å²) < 4.78 is 18.1. The smallest absolute Gasteiger partial charge is 0.304 e. The third-order valence-electron chi connectivity index (χ3n) is 2.20. The SMILES string of the molecule is COCCNCC(=O)Nc1ccc([N+](=O)[O-])c(F)c1. The molecule has 1 aromatic carbocycles. The summed E-state index contributed by atoms with van der Waals surface area (Å²) >= 11 is 0. The number of rotatable bonds is 7. The Bertz CT molecular complexity index is 467. The number of nitrogens with one attached hydrogen (secondary N) is 2. The number of amides is 1. The lowest BCUT2D eigenvalue weighted by Crippen LogP contribution is -2.30. The van der Waals surface area contributed by atoms with Gasteiger partial charge < -0.3 is 15.4 Å². The Morgan fingerprint density at radius 1 is 1.53 bits per heavy atom. The van der Waals surface area contributed by atoms with Crippen molar-refractivity contribution >= 4 is 17.3 Å². The van der Waals surface area contributed by atoms with E-state index in [-0.39, 0.29) is 18.1 Å². The topological polar surface area (TPSA) is 93.5 Å². The zero-order valence-electron chi connectivity index (χ0n) is 10.3. The van der Waals surface area contributed by atoms with Crippen molar-refractivity contribution in [3.05, 3.63) is 34.1 Å². The Hall–Kier alpha value is -2.06. The minimum Gasteiger partial charge on any atom is -0.383 e. The summed E-state index contributed by atoms with van der Waals surface area (Å²) in [4.78, 5) is 21.0. The Morgan fingerprint density at radius 2 is 2.26 bits per heavy atom. The zero-order chi connectivity index (χ0) is 14.3. The molecule has 0 spiro atoms. The van der Waals surface area contributed by atoms with Crippen LogP contribution in [0.3, 0.4) is 0 Å². The van der Waals surface area contributed by atoms with E-state index in [2.05, 4.69) is 10.6 Å². The van der Waals surface area contributed by atoms with Crippen LogP contribution in [0.4, 0.5) is 15.8 Å². The molecule has 0 heterocycles. The third kappa shape index (κ3) is 4.98. The van der Waals surface area contributed by atoms with E-state index in [4.69, 9.17) is 4.74 Å². The summed E-state index contributed by atoms with van der Waals surface area (Å²) in [6.07, 6.45) is 0. The van der Waals surface area contributed by atoms with Crippen molar-refractivity contribution in [1.29, 1.82) is 0 Å². The summed E-state index contributed by atoms with van der Waals surface area (Å²) in [6, 6.07) is 3.18. The van der Waals surface area contributed by atoms with E-state index >= 15 is 0 Å². The lowest BCUT2D eigenvalue weighted by molar-refractivity contribution is -0.387. The van der Waals surface area contributed by atoms with Gasteiger partial charge in [0.15, 0.2) is 0 Å². The predicted octanol–water partition coefficient (Wildman–Crippen LogP) is 0.908. The molecule has 0 aliphatic carbocycles. The lowest BCUT2D eigenvalue weighted by Gasteiger charge is -2.06. The summed E-state index contributed by atoms with van der Waals surface area (Å²) in [7, 11) is 1.54. The molecule has 1 amide bonds. The highest BCUT2D eigenvalue weighted by Crippen LogP contribution is 2.20. The molecule has 0 aliphatic rings. The van der Waals surface area contributed by atoms with Gasteiger partial charge in [-0.2, -0.15) is 4.39 Å². The number of nitro groups is 1. The Balaban J connectivity index is 2.51. The van der Waals surface area contributed by atoms with E-state index < -0.39 is 16.4 Å². The lowest BCUT2D eigenvalue weighted by atomic mass is 10.2. The zero-order valence-corrected chi connectivity index (χ0v) is 10.3. The average Bonchev–Trinajstić information content (AvgIpc) is 2.34. The molecule has 1 aromatic rings. The van der Waals surface area contributed by atoms with E-state index in [0.717, 1.165) is 12.1 Å². The van der Waals surface area contributed by atoms with Gasteiger partial charge in [0.1, 0.15) is 0 Å². The van der Waals surface area contributed by atoms with Crippen LogP contribution < -0.4 is 10.6 Å². The number of nitrogens with zero attached hydrogens (tertiary/aromatic N) is 1. The highest BCUT2D eigenvalue weighted by molar-refractivity contribution is 5.92. The van der Waals surface area contributed by atoms with Crippen LogP contribution in [0.15, 0.2) is 18.2 Å². The number of halogens is 1. The van der Waals surface area contributed by atoms with Crippen molar-refractivity contribution in [3.8, 4) is 0 Å². The number of methoxy groups -OCH3 is 1. The van der Waals surface area contributed by atoms with E-state index in [0.29, 0.717) is 13.2 Å². The van der Waals surface area contributed by atoms with Crippen molar-refractivity contribution < 1.29 is 18.8 Å². The van der Waals surface area contributed by atoms with E-state index in [1.165, 1.54) is 6.07 Å². The number of hydrogen-bond acceptors (Lipinski definition) is 5. The Kier molecular flexibility index (Phi) is 5.83. The second-order valence-electron chi connectivity index (χ2n) is 3.64. The van der Waals surface area contributed by atoms with E-state index in [1.54, 1.807) is 7.11 Å². The van der Waals surface area contributed by atoms with Gasteiger partial charge in [0.25, 0.3) is 0 Å². The van der Waals surface area contributed by atoms with Gasteiger partial charge in [0.05, 0.1) is 18.1 Å². The number of ether oxygens (including phenoxy) is 1. The number of benzene rings is 1. The summed E-state index contributed by atoms with van der Waals surface area (Å²) in [5, 5.41) is 15.6. The first-order chi connectivity index (χ1) is 9.04. The minimum absolute atomic E-state index is 0.0436. The van der Waals surface area contributed by atoms with Crippen LogP contribution >= 0.6 is 0 Å². The highest BCUT2D eigenvalue weighted by atomic mass is 19.1. The summed E-state index contributed by atoms with van der Waals surface area (Å²) in [5.41, 5.74) is -0.460. The molecule has 0 saturated heterocycles. The number of carbonyl (C=O) groups excluding carboxylic acids is 1. The van der Waals surface area contributed by atoms with Crippen molar-refractivity contribution in [3.63, 3.8) is 0 Å². The van der Waals surface area contributed by atoms with Crippen LogP contribution in [0, 0.1) is 15.9 Å². The van der Waals surface area contributed by atoms with Crippen molar-refractivity contribution in [1.82, 2.24) is 5.32 Å². The molecule has 0 bridgehead atoms. The number of nitro benzene ring substituents is 1. The van der Waals surface area contributed by atoms with Crippen LogP contribution in [-0.2, 0) is 9.53 Å². The van der Waals surface area contributed by atoms with Crippen molar-refractivity contribution in [2.45, 2.75) is 0 Å². The fourth-order valence-corrected chi connectivity index (χ4v) is 1.31. The third-order valence-corrected chi connectivity index (χ3v) is 2.20. The first-order valence-corrected chi connectivity index (χ1v) is 5.48. The van der Waals surface area contributed by atoms with Crippen LogP contribution in [0.25, 0.3) is 0 Å². The maximum atomic E-state index is 13.3. The fourth-order valence-electron chi connectivity index (χ4n) is 1.31. The van der Waals surface area contributed by atoms with Gasteiger partial charge in [-0.3, -0.25) is 14.9 Å². The molecule has 0 atom stereocenters. The second-order valence-corrected chi connectivity index (χ2v) is 3.64. The fraction of sp³-hybridized carbons (Fsp3) is 0.364. The highest BCUT2D eigenvalue weighted by Gasteiger charge is 2.14. The largest absolute Gasteiger partial charge is 0.383 e. The monoisotopic (exact) mass is 271 g/mol. The number of hydrogen-bond donors (Lipinski definition) is 2. The molecule has 1 rings (SSSR count). The first-order valence-electron chi connectivity index (χ1n) is 5.48. The quantitative estimate of drug-likeness (QED) is 0.437. The molecule has 0 unspecified atom stereocenters. The van der Waals surface area contributed by atoms with Crippen molar-refractivity contribution in [2.24, 2.45) is 0 Å². The van der Waals surface area contributed by atoms with Crippen molar-refractivity contribution in [2.75, 3.05) is 32.1 Å². The predicted molar refractivity (Wildman–Crippen MR) is 66.4 cm³/mol. The number of carbonyl (C=O) groups is 1. The molecular weight excluding hydrogens is 257 g/mol. The van der Waals surface area contributed by atoms with Crippen LogP contribution in [0.1, 0.15) is 0 Å². The average molecular weight is 271 g/mol. The van der Waals surface area contributed by atoms with Gasteiger partial charge in [0, 0.05) is 31.5 Å². The molecule has 19 heavy (non-hydrogen) atoms. The van der Waals surface area contributed by atoms with Gasteiger partial charge in [0.2, 0.25) is 11.7 Å². The normalized spacial score (nSPS) is 10.2. The standard InChI is InChI=1S/C11H14FN3O4/c1-19-5-4-13-7-11(16)14-8-2-3-10(15(17)18)9(12)6-8/h2-3,6,13H,4-5,7H2,1H3,(H,14,16). The van der Waals surface area contributed by atoms with Crippen LogP contribution in [0.5, 0.6) is 0 Å². The summed E-state index contributed by atoms with van der Waals surface area (Å²) in [5.74, 6) is -1.36. The molecule has 0 radical (unpaired) electrons. The van der Waals surface area contributed by atoms with Gasteiger partial charge >= 0.3 is 5.69 Å².